The first-order valence-corrected chi connectivity index (χ1v) is 12.7. The fraction of sp³-hybridized carbons (Fsp3) is 0.259. The highest BCUT2D eigenvalue weighted by Crippen LogP contribution is 2.38. The summed E-state index contributed by atoms with van der Waals surface area (Å²) >= 11 is 0. The van der Waals surface area contributed by atoms with Crippen molar-refractivity contribution in [3.05, 3.63) is 84.1 Å². The summed E-state index contributed by atoms with van der Waals surface area (Å²) in [5, 5.41) is 2.70. The molecule has 2 aliphatic heterocycles. The van der Waals surface area contributed by atoms with Gasteiger partial charge in [0, 0.05) is 35.1 Å². The summed E-state index contributed by atoms with van der Waals surface area (Å²) in [7, 11) is -3.76. The number of fused-ring (bicyclic) bond motifs is 3. The third kappa shape index (κ3) is 3.03. The van der Waals surface area contributed by atoms with Crippen LogP contribution in [0.2, 0.25) is 0 Å². The van der Waals surface area contributed by atoms with Gasteiger partial charge >= 0.3 is 0 Å². The molecule has 1 saturated heterocycles. The van der Waals surface area contributed by atoms with E-state index in [0.717, 1.165) is 45.8 Å². The first-order valence-electron chi connectivity index (χ1n) is 11.3. The van der Waals surface area contributed by atoms with Gasteiger partial charge in [-0.3, -0.25) is 4.90 Å². The molecule has 0 radical (unpaired) electrons. The highest BCUT2D eigenvalue weighted by atomic mass is 32.2. The molecule has 3 aromatic carbocycles. The van der Waals surface area contributed by atoms with Crippen LogP contribution in [0.4, 0.5) is 0 Å². The van der Waals surface area contributed by atoms with Crippen LogP contribution >= 0.6 is 0 Å². The van der Waals surface area contributed by atoms with Crippen molar-refractivity contribution < 1.29 is 8.42 Å². The zero-order valence-corrected chi connectivity index (χ0v) is 19.0. The molecule has 32 heavy (non-hydrogen) atoms. The number of aryl methyl sites for hydroxylation is 1. The Labute approximate surface area is 188 Å². The smallest absolute Gasteiger partial charge is 0.268 e. The topological polar surface area (TPSA) is 42.3 Å². The average Bonchev–Trinajstić information content (AvgIpc) is 3.42. The van der Waals surface area contributed by atoms with Gasteiger partial charge in [-0.1, -0.05) is 54.1 Å². The van der Waals surface area contributed by atoms with Gasteiger partial charge in [0.1, 0.15) is 0 Å². The Morgan fingerprint density at radius 2 is 1.81 bits per heavy atom. The van der Waals surface area contributed by atoms with Crippen LogP contribution in [0.15, 0.2) is 77.8 Å². The van der Waals surface area contributed by atoms with Crippen LogP contribution in [0, 0.1) is 6.92 Å². The first kappa shape index (κ1) is 19.8. The normalized spacial score (nSPS) is 19.4. The molecule has 0 N–H and O–H groups in total. The Morgan fingerprint density at radius 3 is 2.72 bits per heavy atom. The Bertz CT molecular complexity index is 1490. The van der Waals surface area contributed by atoms with Crippen LogP contribution < -0.4 is 0 Å². The summed E-state index contributed by atoms with van der Waals surface area (Å²) in [5.41, 5.74) is 4.21. The van der Waals surface area contributed by atoms with E-state index in [-0.39, 0.29) is 0 Å². The van der Waals surface area contributed by atoms with E-state index in [4.69, 9.17) is 0 Å². The van der Waals surface area contributed by atoms with Gasteiger partial charge in [-0.2, -0.15) is 0 Å². The molecule has 1 fully saturated rings. The predicted molar refractivity (Wildman–Crippen MR) is 130 cm³/mol. The lowest BCUT2D eigenvalue weighted by Crippen LogP contribution is -2.32. The van der Waals surface area contributed by atoms with Crippen molar-refractivity contribution in [1.82, 2.24) is 8.87 Å². The number of hydrogen-bond donors (Lipinski definition) is 0. The quantitative estimate of drug-likeness (QED) is 0.415. The van der Waals surface area contributed by atoms with Crippen molar-refractivity contribution in [1.29, 1.82) is 0 Å². The number of hydrogen-bond acceptors (Lipinski definition) is 3. The monoisotopic (exact) mass is 442 g/mol. The standard InChI is InChI=1S/C27H26N2O2S/c1-19-11-12-26-24(16-19)25(21-13-15-28-14-5-8-22(28)17-21)18-29(26)32(30,31)27-10-4-7-20-6-2-3-9-23(20)27/h2-4,6-7,9-13,16,18,22H,5,8,14-15,17H2,1H3/t22-/m0/s1. The van der Waals surface area contributed by atoms with Gasteiger partial charge in [-0.25, -0.2) is 12.4 Å². The van der Waals surface area contributed by atoms with Crippen molar-refractivity contribution in [3.8, 4) is 0 Å². The second-order valence-corrected chi connectivity index (χ2v) is 10.8. The maximum absolute atomic E-state index is 14.0. The van der Waals surface area contributed by atoms with Crippen LogP contribution in [-0.4, -0.2) is 36.4 Å². The Morgan fingerprint density at radius 1 is 0.969 bits per heavy atom. The van der Waals surface area contributed by atoms with E-state index in [1.807, 2.05) is 54.7 Å². The van der Waals surface area contributed by atoms with Gasteiger partial charge in [-0.15, -0.1) is 0 Å². The minimum atomic E-state index is -3.76. The van der Waals surface area contributed by atoms with E-state index in [1.165, 1.54) is 28.9 Å². The van der Waals surface area contributed by atoms with Gasteiger partial charge in [0.15, 0.2) is 0 Å². The molecule has 0 bridgehead atoms. The van der Waals surface area contributed by atoms with Gasteiger partial charge in [0.2, 0.25) is 0 Å². The molecule has 4 nitrogen and oxygen atoms in total. The fourth-order valence-corrected chi connectivity index (χ4v) is 7.04. The average molecular weight is 443 g/mol. The second kappa shape index (κ2) is 7.32. The molecule has 0 amide bonds. The summed E-state index contributed by atoms with van der Waals surface area (Å²) in [6, 6.07) is 19.8. The van der Waals surface area contributed by atoms with E-state index in [1.54, 1.807) is 6.07 Å². The van der Waals surface area contributed by atoms with Crippen LogP contribution in [0.3, 0.4) is 0 Å². The summed E-state index contributed by atoms with van der Waals surface area (Å²) in [5.74, 6) is 0. The number of nitrogens with zero attached hydrogens (tertiary/aromatic N) is 2. The minimum absolute atomic E-state index is 0.346. The molecule has 0 unspecified atom stereocenters. The van der Waals surface area contributed by atoms with E-state index < -0.39 is 10.0 Å². The molecule has 0 spiro atoms. The first-order chi connectivity index (χ1) is 15.5. The van der Waals surface area contributed by atoms with E-state index in [2.05, 4.69) is 24.0 Å². The van der Waals surface area contributed by atoms with E-state index >= 15 is 0 Å². The SMILES string of the molecule is Cc1ccc2c(c1)c(C1=CCN3CCC[C@H]3C1)cn2S(=O)(=O)c1cccc2ccccc12. The fourth-order valence-electron chi connectivity index (χ4n) is 5.45. The molecule has 5 heteroatoms. The highest BCUT2D eigenvalue weighted by Gasteiger charge is 2.30. The maximum Gasteiger partial charge on any atom is 0.268 e. The lowest BCUT2D eigenvalue weighted by molar-refractivity contribution is 0.275. The zero-order valence-electron chi connectivity index (χ0n) is 18.2. The molecule has 6 rings (SSSR count). The lowest BCUT2D eigenvalue weighted by atomic mass is 9.93. The van der Waals surface area contributed by atoms with Crippen LogP contribution in [0.25, 0.3) is 27.2 Å². The summed E-state index contributed by atoms with van der Waals surface area (Å²) in [6.45, 7) is 4.19. The lowest BCUT2D eigenvalue weighted by Gasteiger charge is -2.29. The summed E-state index contributed by atoms with van der Waals surface area (Å²) < 4.78 is 29.4. The van der Waals surface area contributed by atoms with E-state index in [0.29, 0.717) is 10.9 Å². The molecule has 3 heterocycles. The maximum atomic E-state index is 14.0. The Hall–Kier alpha value is -2.89. The van der Waals surface area contributed by atoms with Crippen molar-refractivity contribution >= 4 is 37.3 Å². The van der Waals surface area contributed by atoms with Crippen molar-refractivity contribution in [2.24, 2.45) is 0 Å². The van der Waals surface area contributed by atoms with Crippen LogP contribution in [0.5, 0.6) is 0 Å². The molecule has 0 saturated carbocycles. The van der Waals surface area contributed by atoms with E-state index in [9.17, 15) is 8.42 Å². The van der Waals surface area contributed by atoms with Crippen molar-refractivity contribution in [2.75, 3.05) is 13.1 Å². The largest absolute Gasteiger partial charge is 0.296 e. The third-order valence-electron chi connectivity index (χ3n) is 7.09. The molecule has 1 atom stereocenters. The molecule has 1 aromatic heterocycles. The molecule has 0 aliphatic carbocycles. The van der Waals surface area contributed by atoms with Crippen LogP contribution in [0.1, 0.15) is 30.4 Å². The minimum Gasteiger partial charge on any atom is -0.296 e. The molecule has 2 aliphatic rings. The number of aromatic nitrogens is 1. The predicted octanol–water partition coefficient (Wildman–Crippen LogP) is 5.59. The molecule has 162 valence electrons. The van der Waals surface area contributed by atoms with Gasteiger partial charge in [0.05, 0.1) is 10.4 Å². The zero-order chi connectivity index (χ0) is 21.9. The van der Waals surface area contributed by atoms with Gasteiger partial charge in [0.25, 0.3) is 10.0 Å². The molecular formula is C27H26N2O2S. The van der Waals surface area contributed by atoms with Crippen LogP contribution in [-0.2, 0) is 10.0 Å². The van der Waals surface area contributed by atoms with Crippen molar-refractivity contribution in [3.63, 3.8) is 0 Å². The van der Waals surface area contributed by atoms with Crippen molar-refractivity contribution in [2.45, 2.75) is 37.1 Å². The Kier molecular flexibility index (Phi) is 4.52. The molecular weight excluding hydrogens is 416 g/mol. The second-order valence-electron chi connectivity index (χ2n) is 9.07. The number of rotatable bonds is 3. The highest BCUT2D eigenvalue weighted by molar-refractivity contribution is 7.90. The Balaban J connectivity index is 1.56. The third-order valence-corrected chi connectivity index (χ3v) is 8.82. The summed E-state index contributed by atoms with van der Waals surface area (Å²) in [4.78, 5) is 2.89. The summed E-state index contributed by atoms with van der Waals surface area (Å²) in [6.07, 6.45) is 7.62. The van der Waals surface area contributed by atoms with Gasteiger partial charge in [-0.05, 0) is 61.9 Å². The number of benzene rings is 3. The molecule has 4 aromatic rings. The van der Waals surface area contributed by atoms with Gasteiger partial charge < -0.3 is 0 Å².